The van der Waals surface area contributed by atoms with Crippen LogP contribution < -0.4 is 16.0 Å². The van der Waals surface area contributed by atoms with Gasteiger partial charge in [0.1, 0.15) is 0 Å². The number of anilines is 1. The highest BCUT2D eigenvalue weighted by molar-refractivity contribution is 6.42. The van der Waals surface area contributed by atoms with Crippen LogP contribution in [-0.2, 0) is 12.4 Å². The molecule has 2 aromatic rings. The highest BCUT2D eigenvalue weighted by Crippen LogP contribution is 2.37. The predicted molar refractivity (Wildman–Crippen MR) is 128 cm³/mol. The molecule has 12 heteroatoms. The number of urea groups is 1. The second-order valence-electron chi connectivity index (χ2n) is 8.72. The molecule has 1 saturated carbocycles. The van der Waals surface area contributed by atoms with E-state index in [-0.39, 0.29) is 18.5 Å². The van der Waals surface area contributed by atoms with E-state index < -0.39 is 35.2 Å². The molecule has 36 heavy (non-hydrogen) atoms. The van der Waals surface area contributed by atoms with Crippen LogP contribution in [0.3, 0.4) is 0 Å². The van der Waals surface area contributed by atoms with Crippen molar-refractivity contribution in [3.8, 4) is 0 Å². The third-order valence-electron chi connectivity index (χ3n) is 6.05. The molecule has 1 aliphatic carbocycles. The lowest BCUT2D eigenvalue weighted by molar-refractivity contribution is -0.143. The maximum atomic E-state index is 13.1. The number of nitrogens with one attached hydrogen (secondary N) is 3. The van der Waals surface area contributed by atoms with Gasteiger partial charge >= 0.3 is 18.4 Å². The molecule has 1 aliphatic rings. The van der Waals surface area contributed by atoms with E-state index in [1.165, 1.54) is 12.8 Å². The van der Waals surface area contributed by atoms with E-state index in [0.717, 1.165) is 18.4 Å². The van der Waals surface area contributed by atoms with Gasteiger partial charge in [0.05, 0.1) is 21.2 Å². The number of hydrogen-bond acceptors (Lipinski definition) is 2. The molecule has 3 rings (SSSR count). The van der Waals surface area contributed by atoms with Crippen LogP contribution in [-0.4, -0.2) is 25.2 Å². The lowest BCUT2D eigenvalue weighted by Crippen LogP contribution is -2.34. The van der Waals surface area contributed by atoms with E-state index in [9.17, 15) is 31.1 Å². The molecule has 2 amide bonds. The van der Waals surface area contributed by atoms with Crippen molar-refractivity contribution in [1.82, 2.24) is 10.6 Å². The zero-order valence-corrected chi connectivity index (χ0v) is 20.5. The first-order valence-electron chi connectivity index (χ1n) is 11.4. The van der Waals surface area contributed by atoms with Gasteiger partial charge in [-0.2, -0.15) is 26.3 Å². The van der Waals surface area contributed by atoms with E-state index in [1.54, 1.807) is 18.2 Å². The molecule has 0 aromatic heterocycles. The van der Waals surface area contributed by atoms with Crippen LogP contribution in [0.5, 0.6) is 0 Å². The first-order valence-corrected chi connectivity index (χ1v) is 12.1. The summed E-state index contributed by atoms with van der Waals surface area (Å²) >= 11 is 12.1. The SMILES string of the molecule is O=C(NCC(CCNC1CCCC1)c1ccc(Cl)c(Cl)c1)Nc1cc(C(F)(F)F)cc(C(F)(F)F)c1. The van der Waals surface area contributed by atoms with E-state index >= 15 is 0 Å². The fourth-order valence-electron chi connectivity index (χ4n) is 4.16. The zero-order valence-electron chi connectivity index (χ0n) is 19.0. The van der Waals surface area contributed by atoms with Crippen molar-refractivity contribution in [3.05, 3.63) is 63.1 Å². The van der Waals surface area contributed by atoms with Gasteiger partial charge in [-0.3, -0.25) is 0 Å². The normalized spacial score (nSPS) is 15.7. The third kappa shape index (κ3) is 8.18. The maximum absolute atomic E-state index is 13.1. The average molecular weight is 556 g/mol. The Kier molecular flexibility index (Phi) is 9.40. The van der Waals surface area contributed by atoms with Crippen LogP contribution in [0.4, 0.5) is 36.8 Å². The van der Waals surface area contributed by atoms with Crippen LogP contribution in [0.1, 0.15) is 54.7 Å². The number of carbonyl (C=O) groups is 1. The van der Waals surface area contributed by atoms with Crippen molar-refractivity contribution in [1.29, 1.82) is 0 Å². The van der Waals surface area contributed by atoms with Crippen LogP contribution in [0.2, 0.25) is 10.0 Å². The van der Waals surface area contributed by atoms with E-state index in [4.69, 9.17) is 23.2 Å². The number of amides is 2. The van der Waals surface area contributed by atoms with Gasteiger partial charge in [-0.15, -0.1) is 0 Å². The lowest BCUT2D eigenvalue weighted by atomic mass is 9.95. The number of alkyl halides is 6. The molecular weight excluding hydrogens is 531 g/mol. The van der Waals surface area contributed by atoms with Crippen LogP contribution in [0, 0.1) is 0 Å². The minimum atomic E-state index is -5.01. The van der Waals surface area contributed by atoms with Gasteiger partial charge in [-0.25, -0.2) is 4.79 Å². The number of benzene rings is 2. The van der Waals surface area contributed by atoms with Gasteiger partial charge in [0, 0.05) is 24.2 Å². The maximum Gasteiger partial charge on any atom is 0.416 e. The van der Waals surface area contributed by atoms with Gasteiger partial charge in [-0.1, -0.05) is 42.1 Å². The van der Waals surface area contributed by atoms with Crippen molar-refractivity contribution < 1.29 is 31.1 Å². The Morgan fingerprint density at radius 3 is 2.08 bits per heavy atom. The average Bonchev–Trinajstić information content (AvgIpc) is 3.30. The van der Waals surface area contributed by atoms with Gasteiger partial charge in [0.25, 0.3) is 0 Å². The van der Waals surface area contributed by atoms with Crippen molar-refractivity contribution in [2.75, 3.05) is 18.4 Å². The van der Waals surface area contributed by atoms with Gasteiger partial charge in [-0.05, 0) is 61.7 Å². The van der Waals surface area contributed by atoms with Crippen molar-refractivity contribution >= 4 is 34.9 Å². The van der Waals surface area contributed by atoms with Gasteiger partial charge in [0.15, 0.2) is 0 Å². The molecule has 198 valence electrons. The van der Waals surface area contributed by atoms with Crippen molar-refractivity contribution in [3.63, 3.8) is 0 Å². The Balaban J connectivity index is 1.69. The van der Waals surface area contributed by atoms with Gasteiger partial charge < -0.3 is 16.0 Å². The largest absolute Gasteiger partial charge is 0.416 e. The van der Waals surface area contributed by atoms with Crippen LogP contribution in [0.15, 0.2) is 36.4 Å². The quantitative estimate of drug-likeness (QED) is 0.290. The van der Waals surface area contributed by atoms with Crippen molar-refractivity contribution in [2.45, 2.75) is 56.4 Å². The minimum Gasteiger partial charge on any atom is -0.337 e. The lowest BCUT2D eigenvalue weighted by Gasteiger charge is -2.21. The molecular formula is C24H25Cl2F6N3O. The van der Waals surface area contributed by atoms with Crippen LogP contribution in [0.25, 0.3) is 0 Å². The summed E-state index contributed by atoms with van der Waals surface area (Å²) in [4.78, 5) is 12.4. The molecule has 1 fully saturated rings. The second kappa shape index (κ2) is 11.9. The predicted octanol–water partition coefficient (Wildman–Crippen LogP) is 7.86. The Bertz CT molecular complexity index is 1020. The molecule has 0 spiro atoms. The monoisotopic (exact) mass is 555 g/mol. The highest BCUT2D eigenvalue weighted by Gasteiger charge is 2.37. The first kappa shape index (κ1) is 28.4. The minimum absolute atomic E-state index is 0.000733. The number of rotatable bonds is 8. The topological polar surface area (TPSA) is 53.2 Å². The molecule has 1 unspecified atom stereocenters. The van der Waals surface area contributed by atoms with Gasteiger partial charge in [0.2, 0.25) is 0 Å². The summed E-state index contributed by atoms with van der Waals surface area (Å²) in [6, 6.07) is 5.46. The summed E-state index contributed by atoms with van der Waals surface area (Å²) < 4.78 is 78.5. The summed E-state index contributed by atoms with van der Waals surface area (Å²) in [5.74, 6) is -0.230. The Morgan fingerprint density at radius 2 is 1.53 bits per heavy atom. The fourth-order valence-corrected chi connectivity index (χ4v) is 4.47. The summed E-state index contributed by atoms with van der Waals surface area (Å²) in [5, 5.41) is 8.79. The third-order valence-corrected chi connectivity index (χ3v) is 6.79. The van der Waals surface area contributed by atoms with E-state index in [1.807, 2.05) is 0 Å². The Hall–Kier alpha value is -2.17. The highest BCUT2D eigenvalue weighted by atomic mass is 35.5. The molecule has 3 N–H and O–H groups in total. The molecule has 4 nitrogen and oxygen atoms in total. The molecule has 0 saturated heterocycles. The summed E-state index contributed by atoms with van der Waals surface area (Å²) in [6.07, 6.45) is -4.90. The molecule has 2 aromatic carbocycles. The summed E-state index contributed by atoms with van der Waals surface area (Å²) in [6.45, 7) is 0.725. The fraction of sp³-hybridized carbons (Fsp3) is 0.458. The second-order valence-corrected chi connectivity index (χ2v) is 9.54. The van der Waals surface area contributed by atoms with Crippen LogP contribution >= 0.6 is 23.2 Å². The Labute approximate surface area is 214 Å². The summed E-state index contributed by atoms with van der Waals surface area (Å²) in [5.41, 5.74) is -2.86. The molecule has 0 bridgehead atoms. The smallest absolute Gasteiger partial charge is 0.337 e. The number of halogens is 8. The van der Waals surface area contributed by atoms with E-state index in [0.29, 0.717) is 41.2 Å². The van der Waals surface area contributed by atoms with E-state index in [2.05, 4.69) is 16.0 Å². The first-order chi connectivity index (χ1) is 16.8. The number of hydrogen-bond donors (Lipinski definition) is 3. The molecule has 0 heterocycles. The molecule has 0 radical (unpaired) electrons. The number of carbonyl (C=O) groups excluding carboxylic acids is 1. The van der Waals surface area contributed by atoms with Crippen molar-refractivity contribution in [2.24, 2.45) is 0 Å². The Morgan fingerprint density at radius 1 is 0.917 bits per heavy atom. The zero-order chi connectivity index (χ0) is 26.5. The molecule has 0 aliphatic heterocycles. The summed E-state index contributed by atoms with van der Waals surface area (Å²) in [7, 11) is 0. The molecule has 1 atom stereocenters. The standard InChI is InChI=1S/C24H25Cl2F6N3O/c25-20-6-5-14(9-21(20)26)15(7-8-33-18-3-1-2-4-18)13-34-22(36)35-19-11-16(23(27,28)29)10-17(12-19)24(30,31)32/h5-6,9-12,15,18,33H,1-4,7-8,13H2,(H2,34,35,36).